The molecule has 1 fully saturated rings. The summed E-state index contributed by atoms with van der Waals surface area (Å²) in [5.74, 6) is -0.201. The minimum Gasteiger partial charge on any atom is -0.507 e. The highest BCUT2D eigenvalue weighted by atomic mass is 32.1. The fraction of sp³-hybridized carbons (Fsp3) is 0.200. The van der Waals surface area contributed by atoms with E-state index in [9.17, 15) is 14.7 Å². The van der Waals surface area contributed by atoms with Gasteiger partial charge in [0, 0.05) is 17.0 Å². The van der Waals surface area contributed by atoms with Gasteiger partial charge in [-0.3, -0.25) is 9.59 Å². The summed E-state index contributed by atoms with van der Waals surface area (Å²) >= 11 is 1.44. The Morgan fingerprint density at radius 2 is 1.84 bits per heavy atom. The van der Waals surface area contributed by atoms with Crippen LogP contribution in [0, 0.1) is 0 Å². The fourth-order valence-corrected chi connectivity index (χ4v) is 4.63. The molecule has 0 saturated carbocycles. The van der Waals surface area contributed by atoms with Gasteiger partial charge in [0.1, 0.15) is 17.3 Å². The van der Waals surface area contributed by atoms with E-state index >= 15 is 0 Å². The van der Waals surface area contributed by atoms with E-state index in [0.717, 1.165) is 10.4 Å². The molecule has 1 amide bonds. The van der Waals surface area contributed by atoms with Gasteiger partial charge in [-0.2, -0.15) is 0 Å². The van der Waals surface area contributed by atoms with Crippen molar-refractivity contribution in [3.63, 3.8) is 0 Å². The number of likely N-dealkylation sites (tertiary alicyclic amines) is 1. The van der Waals surface area contributed by atoms with E-state index < -0.39 is 17.7 Å². The summed E-state index contributed by atoms with van der Waals surface area (Å²) < 4.78 is 10.7. The molecule has 0 aliphatic carbocycles. The number of ketones is 1. The van der Waals surface area contributed by atoms with E-state index in [4.69, 9.17) is 9.47 Å². The van der Waals surface area contributed by atoms with Crippen LogP contribution in [0.15, 0.2) is 71.6 Å². The predicted octanol–water partition coefficient (Wildman–Crippen LogP) is 4.78. The molecule has 2 aromatic carbocycles. The molecule has 6 nitrogen and oxygen atoms in total. The lowest BCUT2D eigenvalue weighted by Crippen LogP contribution is -2.28. The average molecular weight is 450 g/mol. The van der Waals surface area contributed by atoms with Crippen molar-refractivity contribution < 1.29 is 24.2 Å². The summed E-state index contributed by atoms with van der Waals surface area (Å²) in [6.45, 7) is 2.63. The second-order valence-corrected chi connectivity index (χ2v) is 8.23. The van der Waals surface area contributed by atoms with E-state index in [1.54, 1.807) is 31.4 Å². The third-order valence-corrected chi connectivity index (χ3v) is 6.20. The van der Waals surface area contributed by atoms with Gasteiger partial charge < -0.3 is 19.5 Å². The van der Waals surface area contributed by atoms with Crippen LogP contribution in [0.25, 0.3) is 5.76 Å². The predicted molar refractivity (Wildman–Crippen MR) is 123 cm³/mol. The Morgan fingerprint density at radius 1 is 1.06 bits per heavy atom. The lowest BCUT2D eigenvalue weighted by molar-refractivity contribution is -0.140. The van der Waals surface area contributed by atoms with E-state index in [-0.39, 0.29) is 17.9 Å². The number of thiophene rings is 1. The van der Waals surface area contributed by atoms with Gasteiger partial charge in [-0.05, 0) is 60.3 Å². The van der Waals surface area contributed by atoms with Crippen LogP contribution in [0.2, 0.25) is 0 Å². The van der Waals surface area contributed by atoms with Crippen molar-refractivity contribution in [3.8, 4) is 11.5 Å². The van der Waals surface area contributed by atoms with Gasteiger partial charge in [0.2, 0.25) is 0 Å². The first-order chi connectivity index (χ1) is 15.5. The number of carbonyl (C=O) groups excluding carboxylic acids is 2. The Balaban J connectivity index is 1.76. The van der Waals surface area contributed by atoms with Gasteiger partial charge in [0.25, 0.3) is 11.7 Å². The van der Waals surface area contributed by atoms with Crippen LogP contribution in [-0.2, 0) is 16.1 Å². The Kier molecular flexibility index (Phi) is 6.28. The topological polar surface area (TPSA) is 76.1 Å². The van der Waals surface area contributed by atoms with Crippen molar-refractivity contribution >= 4 is 28.8 Å². The average Bonchev–Trinajstić information content (AvgIpc) is 3.42. The molecular weight excluding hydrogens is 426 g/mol. The normalized spacial score (nSPS) is 17.6. The molecular formula is C25H23NO5S. The first-order valence-corrected chi connectivity index (χ1v) is 11.1. The fourth-order valence-electron chi connectivity index (χ4n) is 3.78. The van der Waals surface area contributed by atoms with Crippen LogP contribution in [0.3, 0.4) is 0 Å². The Bertz CT molecular complexity index is 1150. The van der Waals surface area contributed by atoms with E-state index in [1.165, 1.54) is 16.2 Å². The zero-order valence-corrected chi connectivity index (χ0v) is 18.6. The van der Waals surface area contributed by atoms with Crippen molar-refractivity contribution in [2.75, 3.05) is 13.7 Å². The molecule has 1 saturated heterocycles. The van der Waals surface area contributed by atoms with Gasteiger partial charge in [-0.15, -0.1) is 11.3 Å². The van der Waals surface area contributed by atoms with Crippen LogP contribution < -0.4 is 9.47 Å². The van der Waals surface area contributed by atoms with Gasteiger partial charge >= 0.3 is 0 Å². The van der Waals surface area contributed by atoms with Gasteiger partial charge in [0.15, 0.2) is 0 Å². The van der Waals surface area contributed by atoms with Crippen molar-refractivity contribution in [3.05, 3.63) is 87.6 Å². The van der Waals surface area contributed by atoms with Crippen LogP contribution in [0.5, 0.6) is 11.5 Å². The number of methoxy groups -OCH3 is 1. The second-order valence-electron chi connectivity index (χ2n) is 7.25. The molecule has 1 aromatic heterocycles. The summed E-state index contributed by atoms with van der Waals surface area (Å²) in [6, 6.07) is 17.2. The first-order valence-electron chi connectivity index (χ1n) is 10.2. The second kappa shape index (κ2) is 9.28. The lowest BCUT2D eigenvalue weighted by atomic mass is 9.99. The minimum atomic E-state index is -0.697. The number of hydrogen-bond acceptors (Lipinski definition) is 6. The number of ether oxygens (including phenoxy) is 2. The van der Waals surface area contributed by atoms with Crippen molar-refractivity contribution in [2.24, 2.45) is 0 Å². The van der Waals surface area contributed by atoms with Crippen molar-refractivity contribution in [2.45, 2.75) is 19.5 Å². The molecule has 1 unspecified atom stereocenters. The third kappa shape index (κ3) is 4.11. The monoisotopic (exact) mass is 449 g/mol. The first kappa shape index (κ1) is 21.6. The zero-order chi connectivity index (χ0) is 22.7. The summed E-state index contributed by atoms with van der Waals surface area (Å²) in [4.78, 5) is 28.4. The van der Waals surface area contributed by atoms with Crippen LogP contribution >= 0.6 is 11.3 Å². The van der Waals surface area contributed by atoms with E-state index in [2.05, 4.69) is 0 Å². The van der Waals surface area contributed by atoms with Crippen LogP contribution in [0.1, 0.15) is 29.0 Å². The standard InChI is InChI=1S/C25H23NO5S/c1-3-31-18-11-9-17(10-12-18)23(27)21-22(20-8-5-13-32-20)26(25(29)24(21)28)15-16-6-4-7-19(14-16)30-2/h4-14,22,27H,3,15H2,1-2H3/b23-21-. The molecule has 2 heterocycles. The van der Waals surface area contributed by atoms with Crippen LogP contribution in [-0.4, -0.2) is 35.4 Å². The molecule has 3 aromatic rings. The Morgan fingerprint density at radius 3 is 2.50 bits per heavy atom. The Labute approximate surface area is 190 Å². The number of aliphatic hydroxyl groups is 1. The summed E-state index contributed by atoms with van der Waals surface area (Å²) in [7, 11) is 1.58. The van der Waals surface area contributed by atoms with Crippen molar-refractivity contribution in [1.29, 1.82) is 0 Å². The number of rotatable bonds is 7. The SMILES string of the molecule is CCOc1ccc(/C(O)=C2/C(=O)C(=O)N(Cc3cccc(OC)c3)C2c2cccs2)cc1. The summed E-state index contributed by atoms with van der Waals surface area (Å²) in [6.07, 6.45) is 0. The Hall–Kier alpha value is -3.58. The molecule has 0 radical (unpaired) electrons. The lowest BCUT2D eigenvalue weighted by Gasteiger charge is -2.24. The number of nitrogens with zero attached hydrogens (tertiary/aromatic N) is 1. The molecule has 1 aliphatic rings. The number of amides is 1. The highest BCUT2D eigenvalue weighted by Gasteiger charge is 2.46. The maximum Gasteiger partial charge on any atom is 0.295 e. The van der Waals surface area contributed by atoms with Gasteiger partial charge in [-0.1, -0.05) is 18.2 Å². The molecule has 0 bridgehead atoms. The van der Waals surface area contributed by atoms with Gasteiger partial charge in [0.05, 0.1) is 25.3 Å². The number of aliphatic hydroxyl groups excluding tert-OH is 1. The molecule has 1 N–H and O–H groups in total. The van der Waals surface area contributed by atoms with Gasteiger partial charge in [-0.25, -0.2) is 0 Å². The van der Waals surface area contributed by atoms with Crippen molar-refractivity contribution in [1.82, 2.24) is 4.90 Å². The van der Waals surface area contributed by atoms with E-state index in [1.807, 2.05) is 48.7 Å². The number of hydrogen-bond donors (Lipinski definition) is 1. The maximum absolute atomic E-state index is 13.1. The highest BCUT2D eigenvalue weighted by molar-refractivity contribution is 7.10. The molecule has 1 atom stereocenters. The molecule has 32 heavy (non-hydrogen) atoms. The summed E-state index contributed by atoms with van der Waals surface area (Å²) in [5, 5.41) is 13.0. The summed E-state index contributed by atoms with van der Waals surface area (Å²) in [5.41, 5.74) is 1.37. The molecule has 7 heteroatoms. The number of benzene rings is 2. The quantitative estimate of drug-likeness (QED) is 0.319. The molecule has 0 spiro atoms. The molecule has 164 valence electrons. The van der Waals surface area contributed by atoms with Crippen LogP contribution in [0.4, 0.5) is 0 Å². The highest BCUT2D eigenvalue weighted by Crippen LogP contribution is 2.42. The zero-order valence-electron chi connectivity index (χ0n) is 17.8. The number of Topliss-reactive ketones (excluding diaryl/α,β-unsaturated/α-hetero) is 1. The largest absolute Gasteiger partial charge is 0.507 e. The minimum absolute atomic E-state index is 0.0875. The smallest absolute Gasteiger partial charge is 0.295 e. The molecule has 4 rings (SSSR count). The molecule has 1 aliphatic heterocycles. The third-order valence-electron chi connectivity index (χ3n) is 5.28. The van der Waals surface area contributed by atoms with E-state index in [0.29, 0.717) is 23.7 Å². The number of carbonyl (C=O) groups is 2. The maximum atomic E-state index is 13.1.